The van der Waals surface area contributed by atoms with Gasteiger partial charge in [-0.1, -0.05) is 12.1 Å². The molecule has 2 N–H and O–H groups in total. The molecule has 0 aromatic heterocycles. The van der Waals surface area contributed by atoms with Gasteiger partial charge in [0.25, 0.3) is 0 Å². The quantitative estimate of drug-likeness (QED) is 0.679. The van der Waals surface area contributed by atoms with Gasteiger partial charge in [-0.05, 0) is 55.8 Å². The highest BCUT2D eigenvalue weighted by molar-refractivity contribution is 8.00. The Morgan fingerprint density at radius 2 is 1.56 bits per heavy atom. The molecule has 2 rings (SSSR count). The van der Waals surface area contributed by atoms with Crippen molar-refractivity contribution >= 4 is 40.9 Å². The van der Waals surface area contributed by atoms with E-state index >= 15 is 0 Å². The van der Waals surface area contributed by atoms with Gasteiger partial charge in [0.1, 0.15) is 0 Å². The number of ether oxygens (including phenoxy) is 1. The van der Waals surface area contributed by atoms with E-state index in [1.807, 2.05) is 31.2 Å². The highest BCUT2D eigenvalue weighted by Gasteiger charge is 2.09. The number of carbonyl (C=O) groups is 3. The van der Waals surface area contributed by atoms with E-state index in [4.69, 9.17) is 4.74 Å². The van der Waals surface area contributed by atoms with Crippen LogP contribution in [-0.2, 0) is 14.3 Å². The Labute approximate surface area is 162 Å². The number of benzene rings is 2. The zero-order chi connectivity index (χ0) is 19.6. The zero-order valence-electron chi connectivity index (χ0n) is 15.3. The fourth-order valence-corrected chi connectivity index (χ4v) is 2.87. The largest absolute Gasteiger partial charge is 0.462 e. The summed E-state index contributed by atoms with van der Waals surface area (Å²) in [4.78, 5) is 35.5. The van der Waals surface area contributed by atoms with E-state index in [-0.39, 0.29) is 23.3 Å². The van der Waals surface area contributed by atoms with Gasteiger partial charge in [0.15, 0.2) is 0 Å². The normalized spacial score (nSPS) is 10.1. The Bertz CT molecular complexity index is 806. The lowest BCUT2D eigenvalue weighted by atomic mass is 10.2. The summed E-state index contributed by atoms with van der Waals surface area (Å²) in [7, 11) is 0. The molecule has 0 radical (unpaired) electrons. The lowest BCUT2D eigenvalue weighted by Crippen LogP contribution is -2.18. The Balaban J connectivity index is 1.72. The third-order valence-corrected chi connectivity index (χ3v) is 4.38. The minimum atomic E-state index is -0.398. The zero-order valence-corrected chi connectivity index (χ0v) is 16.1. The number of anilines is 2. The first-order valence-electron chi connectivity index (χ1n) is 8.49. The smallest absolute Gasteiger partial charge is 0.338 e. The number of rotatable bonds is 8. The molecule has 0 atom stereocenters. The topological polar surface area (TPSA) is 84.5 Å². The molecule has 0 aliphatic rings. The van der Waals surface area contributed by atoms with Crippen LogP contribution < -0.4 is 10.6 Å². The lowest BCUT2D eigenvalue weighted by Gasteiger charge is -2.07. The monoisotopic (exact) mass is 386 g/mol. The van der Waals surface area contributed by atoms with Crippen LogP contribution in [0.4, 0.5) is 11.4 Å². The van der Waals surface area contributed by atoms with E-state index in [0.29, 0.717) is 17.9 Å². The van der Waals surface area contributed by atoms with Crippen LogP contribution in [0, 0.1) is 6.92 Å². The molecule has 0 aliphatic carbocycles. The summed E-state index contributed by atoms with van der Waals surface area (Å²) in [5.41, 5.74) is 2.82. The van der Waals surface area contributed by atoms with Crippen LogP contribution in [0.15, 0.2) is 48.5 Å². The molecule has 27 heavy (non-hydrogen) atoms. The lowest BCUT2D eigenvalue weighted by molar-refractivity contribution is -0.114. The molecule has 0 heterocycles. The van der Waals surface area contributed by atoms with Gasteiger partial charge in [-0.25, -0.2) is 4.79 Å². The summed E-state index contributed by atoms with van der Waals surface area (Å²) in [6, 6.07) is 14.0. The molecule has 0 bridgehead atoms. The second kappa shape index (κ2) is 10.4. The van der Waals surface area contributed by atoms with E-state index in [2.05, 4.69) is 10.6 Å². The van der Waals surface area contributed by atoms with Crippen molar-refractivity contribution < 1.29 is 19.1 Å². The van der Waals surface area contributed by atoms with Crippen molar-refractivity contribution in [3.63, 3.8) is 0 Å². The first-order chi connectivity index (χ1) is 13.0. The number of amides is 2. The summed E-state index contributed by atoms with van der Waals surface area (Å²) in [5.74, 6) is -0.431. The van der Waals surface area contributed by atoms with Crippen LogP contribution in [0.1, 0.15) is 22.8 Å². The number of thioether (sulfide) groups is 1. The maximum atomic E-state index is 12.0. The molecule has 0 aliphatic heterocycles. The summed E-state index contributed by atoms with van der Waals surface area (Å²) >= 11 is 1.23. The maximum Gasteiger partial charge on any atom is 0.338 e. The van der Waals surface area contributed by atoms with E-state index in [9.17, 15) is 14.4 Å². The van der Waals surface area contributed by atoms with E-state index in [1.165, 1.54) is 11.8 Å². The van der Waals surface area contributed by atoms with Gasteiger partial charge in [-0.2, -0.15) is 0 Å². The van der Waals surface area contributed by atoms with Gasteiger partial charge in [-0.15, -0.1) is 11.8 Å². The molecule has 0 unspecified atom stereocenters. The molecule has 0 fully saturated rings. The van der Waals surface area contributed by atoms with Crippen LogP contribution >= 0.6 is 11.8 Å². The van der Waals surface area contributed by atoms with E-state index < -0.39 is 5.97 Å². The van der Waals surface area contributed by atoms with Gasteiger partial charge in [0.05, 0.1) is 23.7 Å². The minimum Gasteiger partial charge on any atom is -0.462 e. The average molecular weight is 386 g/mol. The van der Waals surface area contributed by atoms with E-state index in [0.717, 1.165) is 11.3 Å². The molecule has 2 aromatic carbocycles. The maximum absolute atomic E-state index is 12.0. The third-order valence-electron chi connectivity index (χ3n) is 3.45. The van der Waals surface area contributed by atoms with Crippen molar-refractivity contribution in [1.29, 1.82) is 0 Å². The van der Waals surface area contributed by atoms with Crippen LogP contribution in [0.5, 0.6) is 0 Å². The number of carbonyl (C=O) groups excluding carboxylic acids is 3. The number of nitrogens with one attached hydrogen (secondary N) is 2. The van der Waals surface area contributed by atoms with Crippen LogP contribution in [0.3, 0.4) is 0 Å². The molecule has 2 amide bonds. The standard InChI is InChI=1S/C20H22N2O4S/c1-3-26-20(25)15-7-9-16(10-8-15)21-18(23)12-27-13-19(24)22-17-6-4-5-14(2)11-17/h4-11H,3,12-13H2,1-2H3,(H,21,23)(H,22,24). The average Bonchev–Trinajstić information content (AvgIpc) is 2.62. The molecule has 0 spiro atoms. The van der Waals surface area contributed by atoms with Crippen molar-refractivity contribution in [2.24, 2.45) is 0 Å². The molecule has 0 saturated heterocycles. The van der Waals surface area contributed by atoms with Gasteiger partial charge in [-0.3, -0.25) is 9.59 Å². The molecular formula is C20H22N2O4S. The number of hydrogen-bond donors (Lipinski definition) is 2. The summed E-state index contributed by atoms with van der Waals surface area (Å²) in [5, 5.41) is 5.53. The fraction of sp³-hybridized carbons (Fsp3) is 0.250. The Morgan fingerprint density at radius 3 is 2.15 bits per heavy atom. The van der Waals surface area contributed by atoms with Gasteiger partial charge in [0, 0.05) is 11.4 Å². The van der Waals surface area contributed by atoms with Crippen molar-refractivity contribution in [1.82, 2.24) is 0 Å². The van der Waals surface area contributed by atoms with Crippen molar-refractivity contribution in [3.8, 4) is 0 Å². The van der Waals surface area contributed by atoms with Crippen molar-refractivity contribution in [2.75, 3.05) is 28.7 Å². The summed E-state index contributed by atoms with van der Waals surface area (Å²) in [6.07, 6.45) is 0. The second-order valence-corrected chi connectivity index (χ2v) is 6.74. The Hall–Kier alpha value is -2.80. The molecular weight excluding hydrogens is 364 g/mol. The first kappa shape index (κ1) is 20.5. The number of esters is 1. The van der Waals surface area contributed by atoms with Crippen molar-refractivity contribution in [3.05, 3.63) is 59.7 Å². The van der Waals surface area contributed by atoms with Gasteiger partial charge >= 0.3 is 5.97 Å². The molecule has 6 nitrogen and oxygen atoms in total. The van der Waals surface area contributed by atoms with Gasteiger partial charge in [0.2, 0.25) is 11.8 Å². The predicted molar refractivity (Wildman–Crippen MR) is 108 cm³/mol. The minimum absolute atomic E-state index is 0.154. The fourth-order valence-electron chi connectivity index (χ4n) is 2.26. The third kappa shape index (κ3) is 7.15. The molecule has 2 aromatic rings. The predicted octanol–water partition coefficient (Wildman–Crippen LogP) is 3.48. The summed E-state index contributed by atoms with van der Waals surface area (Å²) < 4.78 is 4.91. The van der Waals surface area contributed by atoms with Crippen molar-refractivity contribution in [2.45, 2.75) is 13.8 Å². The highest BCUT2D eigenvalue weighted by atomic mass is 32.2. The van der Waals surface area contributed by atoms with Crippen LogP contribution in [0.2, 0.25) is 0 Å². The number of aryl methyl sites for hydroxylation is 1. The SMILES string of the molecule is CCOC(=O)c1ccc(NC(=O)CSCC(=O)Nc2cccc(C)c2)cc1. The Morgan fingerprint density at radius 1 is 0.926 bits per heavy atom. The first-order valence-corrected chi connectivity index (χ1v) is 9.64. The molecule has 0 saturated carbocycles. The van der Waals surface area contributed by atoms with Gasteiger partial charge < -0.3 is 15.4 Å². The Kier molecular flexibility index (Phi) is 7.88. The summed E-state index contributed by atoms with van der Waals surface area (Å²) in [6.45, 7) is 4.01. The molecule has 142 valence electrons. The van der Waals surface area contributed by atoms with Crippen LogP contribution in [-0.4, -0.2) is 35.9 Å². The second-order valence-electron chi connectivity index (χ2n) is 5.76. The van der Waals surface area contributed by atoms with E-state index in [1.54, 1.807) is 31.2 Å². The number of hydrogen-bond acceptors (Lipinski definition) is 5. The molecule has 7 heteroatoms. The van der Waals surface area contributed by atoms with Crippen LogP contribution in [0.25, 0.3) is 0 Å². The highest BCUT2D eigenvalue weighted by Crippen LogP contribution is 2.13.